The zero-order valence-electron chi connectivity index (χ0n) is 10.6. The summed E-state index contributed by atoms with van der Waals surface area (Å²) < 4.78 is 4.85. The van der Waals surface area contributed by atoms with Crippen molar-refractivity contribution in [1.82, 2.24) is 10.2 Å². The summed E-state index contributed by atoms with van der Waals surface area (Å²) in [6.07, 6.45) is 0. The van der Waals surface area contributed by atoms with Crippen LogP contribution in [0.1, 0.15) is 18.1 Å². The lowest BCUT2D eigenvalue weighted by molar-refractivity contribution is -0.132. The Morgan fingerprint density at radius 3 is 2.50 bits per heavy atom. The third-order valence-electron chi connectivity index (χ3n) is 2.56. The van der Waals surface area contributed by atoms with Gasteiger partial charge in [0.05, 0.1) is 5.69 Å². The van der Waals surface area contributed by atoms with Gasteiger partial charge in [-0.2, -0.15) is 0 Å². The number of hydrogen-bond acceptors (Lipinski definition) is 4. The van der Waals surface area contributed by atoms with Gasteiger partial charge < -0.3 is 4.74 Å². The van der Waals surface area contributed by atoms with Gasteiger partial charge in [-0.25, -0.2) is 0 Å². The van der Waals surface area contributed by atoms with Crippen LogP contribution in [0.5, 0.6) is 5.88 Å². The molecule has 18 heavy (non-hydrogen) atoms. The molecule has 0 unspecified atom stereocenters. The molecular formula is C14H14N2O2. The number of ether oxygens (including phenoxy) is 1. The number of nitrogens with zero attached hydrogens (tertiary/aromatic N) is 2. The molecule has 0 spiro atoms. The van der Waals surface area contributed by atoms with Crippen molar-refractivity contribution >= 4 is 5.97 Å². The van der Waals surface area contributed by atoms with Crippen molar-refractivity contribution in [2.75, 3.05) is 0 Å². The highest BCUT2D eigenvalue weighted by Crippen LogP contribution is 2.23. The lowest BCUT2D eigenvalue weighted by Gasteiger charge is -2.06. The maximum atomic E-state index is 10.8. The Morgan fingerprint density at radius 2 is 1.89 bits per heavy atom. The summed E-state index contributed by atoms with van der Waals surface area (Å²) in [5, 5.41) is 7.95. The number of hydrogen-bond donors (Lipinski definition) is 0. The average Bonchev–Trinajstić information content (AvgIpc) is 2.33. The number of carbonyl (C=O) groups is 1. The van der Waals surface area contributed by atoms with E-state index in [1.807, 2.05) is 19.9 Å². The Bertz CT molecular complexity index is 577. The summed E-state index contributed by atoms with van der Waals surface area (Å²) >= 11 is 0. The summed E-state index contributed by atoms with van der Waals surface area (Å²) in [6.45, 7) is 5.39. The van der Waals surface area contributed by atoms with Crippen molar-refractivity contribution in [3.8, 4) is 17.1 Å². The number of benzene rings is 1. The predicted molar refractivity (Wildman–Crippen MR) is 68.3 cm³/mol. The van der Waals surface area contributed by atoms with Crippen LogP contribution in [0.2, 0.25) is 0 Å². The van der Waals surface area contributed by atoms with E-state index in [0.717, 1.165) is 16.8 Å². The molecule has 0 saturated heterocycles. The number of aryl methyl sites for hydroxylation is 2. The molecule has 0 aliphatic carbocycles. The van der Waals surface area contributed by atoms with Gasteiger partial charge in [0.25, 0.3) is 0 Å². The van der Waals surface area contributed by atoms with Gasteiger partial charge in [0, 0.05) is 18.6 Å². The summed E-state index contributed by atoms with van der Waals surface area (Å²) in [4.78, 5) is 10.8. The van der Waals surface area contributed by atoms with E-state index < -0.39 is 5.97 Å². The van der Waals surface area contributed by atoms with E-state index in [4.69, 9.17) is 4.74 Å². The molecule has 1 heterocycles. The lowest BCUT2D eigenvalue weighted by Crippen LogP contribution is -2.04. The van der Waals surface area contributed by atoms with E-state index in [0.29, 0.717) is 0 Å². The van der Waals surface area contributed by atoms with Gasteiger partial charge in [0.15, 0.2) is 0 Å². The fourth-order valence-electron chi connectivity index (χ4n) is 1.68. The molecule has 0 radical (unpaired) electrons. The van der Waals surface area contributed by atoms with Crippen molar-refractivity contribution in [3.63, 3.8) is 0 Å². The Hall–Kier alpha value is -2.23. The lowest BCUT2D eigenvalue weighted by atomic mass is 10.0. The van der Waals surface area contributed by atoms with E-state index in [1.165, 1.54) is 12.5 Å². The van der Waals surface area contributed by atoms with Gasteiger partial charge in [-0.1, -0.05) is 17.7 Å². The molecule has 0 aliphatic rings. The smallest absolute Gasteiger partial charge is 0.309 e. The SMILES string of the molecule is CC(=O)Oc1ccc(-c2cc(C)ccc2C)nn1. The minimum absolute atomic E-state index is 0.219. The van der Waals surface area contributed by atoms with Gasteiger partial charge in [-0.05, 0) is 31.5 Å². The first-order valence-electron chi connectivity index (χ1n) is 5.66. The van der Waals surface area contributed by atoms with E-state index in [-0.39, 0.29) is 5.88 Å². The van der Waals surface area contributed by atoms with Crippen molar-refractivity contribution in [1.29, 1.82) is 0 Å². The Balaban J connectivity index is 2.34. The Labute approximate surface area is 106 Å². The van der Waals surface area contributed by atoms with Crippen LogP contribution in [-0.2, 0) is 4.79 Å². The van der Waals surface area contributed by atoms with E-state index in [2.05, 4.69) is 22.3 Å². The van der Waals surface area contributed by atoms with Gasteiger partial charge in [0.1, 0.15) is 0 Å². The molecule has 0 amide bonds. The standard InChI is InChI=1S/C14H14N2O2/c1-9-4-5-10(2)12(8-9)13-6-7-14(16-15-13)18-11(3)17/h4-8H,1-3H3. The molecule has 0 fully saturated rings. The van der Waals surface area contributed by atoms with Crippen LogP contribution in [0.25, 0.3) is 11.3 Å². The van der Waals surface area contributed by atoms with Crippen LogP contribution in [0.15, 0.2) is 30.3 Å². The van der Waals surface area contributed by atoms with E-state index >= 15 is 0 Å². The third kappa shape index (κ3) is 2.71. The molecule has 4 heteroatoms. The molecule has 0 aliphatic heterocycles. The number of esters is 1. The van der Waals surface area contributed by atoms with Gasteiger partial charge in [-0.15, -0.1) is 10.2 Å². The summed E-state index contributed by atoms with van der Waals surface area (Å²) in [5.74, 6) is -0.180. The minimum Gasteiger partial charge on any atom is -0.406 e. The maximum absolute atomic E-state index is 10.8. The molecular weight excluding hydrogens is 228 g/mol. The minimum atomic E-state index is -0.399. The summed E-state index contributed by atoms with van der Waals surface area (Å²) in [6, 6.07) is 9.61. The number of aromatic nitrogens is 2. The molecule has 0 atom stereocenters. The van der Waals surface area contributed by atoms with Crippen LogP contribution < -0.4 is 4.74 Å². The van der Waals surface area contributed by atoms with Crippen molar-refractivity contribution in [2.24, 2.45) is 0 Å². The largest absolute Gasteiger partial charge is 0.406 e. The zero-order chi connectivity index (χ0) is 13.1. The second-order valence-electron chi connectivity index (χ2n) is 4.17. The van der Waals surface area contributed by atoms with Crippen LogP contribution >= 0.6 is 0 Å². The monoisotopic (exact) mass is 242 g/mol. The van der Waals surface area contributed by atoms with E-state index in [9.17, 15) is 4.79 Å². The molecule has 1 aromatic heterocycles. The molecule has 1 aromatic carbocycles. The summed E-state index contributed by atoms with van der Waals surface area (Å²) in [5.41, 5.74) is 4.11. The summed E-state index contributed by atoms with van der Waals surface area (Å²) in [7, 11) is 0. The van der Waals surface area contributed by atoms with Gasteiger partial charge in [0.2, 0.25) is 5.88 Å². The maximum Gasteiger partial charge on any atom is 0.309 e. The highest BCUT2D eigenvalue weighted by Gasteiger charge is 2.06. The molecule has 0 saturated carbocycles. The van der Waals surface area contributed by atoms with E-state index in [1.54, 1.807) is 12.1 Å². The fraction of sp³-hybridized carbons (Fsp3) is 0.214. The molecule has 0 N–H and O–H groups in total. The third-order valence-corrected chi connectivity index (χ3v) is 2.56. The first kappa shape index (κ1) is 12.2. The first-order chi connectivity index (χ1) is 8.56. The molecule has 92 valence electrons. The topological polar surface area (TPSA) is 52.1 Å². The highest BCUT2D eigenvalue weighted by atomic mass is 16.5. The van der Waals surface area contributed by atoms with Crippen molar-refractivity contribution in [2.45, 2.75) is 20.8 Å². The second-order valence-corrected chi connectivity index (χ2v) is 4.17. The Kier molecular flexibility index (Phi) is 3.37. The number of rotatable bonds is 2. The van der Waals surface area contributed by atoms with Gasteiger partial charge >= 0.3 is 5.97 Å². The first-order valence-corrected chi connectivity index (χ1v) is 5.66. The highest BCUT2D eigenvalue weighted by molar-refractivity contribution is 5.69. The van der Waals surface area contributed by atoms with Crippen molar-refractivity contribution < 1.29 is 9.53 Å². The average molecular weight is 242 g/mol. The number of carbonyl (C=O) groups excluding carboxylic acids is 1. The van der Waals surface area contributed by atoms with Gasteiger partial charge in [-0.3, -0.25) is 4.79 Å². The fourth-order valence-corrected chi connectivity index (χ4v) is 1.68. The van der Waals surface area contributed by atoms with Crippen LogP contribution in [0, 0.1) is 13.8 Å². The molecule has 4 nitrogen and oxygen atoms in total. The predicted octanol–water partition coefficient (Wildman–Crippen LogP) is 2.69. The normalized spacial score (nSPS) is 10.2. The zero-order valence-corrected chi connectivity index (χ0v) is 10.6. The van der Waals surface area contributed by atoms with Crippen LogP contribution in [-0.4, -0.2) is 16.2 Å². The van der Waals surface area contributed by atoms with Crippen molar-refractivity contribution in [3.05, 3.63) is 41.5 Å². The Morgan fingerprint density at radius 1 is 1.11 bits per heavy atom. The molecule has 0 bridgehead atoms. The molecule has 2 rings (SSSR count). The van der Waals surface area contributed by atoms with Crippen LogP contribution in [0.4, 0.5) is 0 Å². The van der Waals surface area contributed by atoms with Crippen LogP contribution in [0.3, 0.4) is 0 Å². The molecule has 2 aromatic rings. The quantitative estimate of drug-likeness (QED) is 0.760. The second kappa shape index (κ2) is 4.96.